The van der Waals surface area contributed by atoms with E-state index in [1.54, 1.807) is 0 Å². The number of hydrogen-bond acceptors (Lipinski definition) is 2. The van der Waals surface area contributed by atoms with Gasteiger partial charge < -0.3 is 10.4 Å². The van der Waals surface area contributed by atoms with Gasteiger partial charge in [-0.3, -0.25) is 0 Å². The summed E-state index contributed by atoms with van der Waals surface area (Å²) < 4.78 is 0.977. The van der Waals surface area contributed by atoms with E-state index >= 15 is 0 Å². The van der Waals surface area contributed by atoms with Crippen LogP contribution in [-0.2, 0) is 6.61 Å². The summed E-state index contributed by atoms with van der Waals surface area (Å²) in [5, 5.41) is 12.9. The molecule has 0 aromatic heterocycles. The number of rotatable bonds is 3. The second-order valence-corrected chi connectivity index (χ2v) is 5.44. The summed E-state index contributed by atoms with van der Waals surface area (Å²) in [5.41, 5.74) is 2.03. The predicted molar refractivity (Wildman–Crippen MR) is 70.5 cm³/mol. The minimum absolute atomic E-state index is 0.0743. The van der Waals surface area contributed by atoms with Crippen molar-refractivity contribution in [1.82, 2.24) is 0 Å². The number of nitrogens with one attached hydrogen (secondary N) is 1. The number of anilines is 1. The van der Waals surface area contributed by atoms with Crippen LogP contribution in [0.25, 0.3) is 0 Å². The van der Waals surface area contributed by atoms with Crippen LogP contribution in [0.4, 0.5) is 5.69 Å². The SMILES string of the molecule is CC1CCCC1Nc1cccc(Br)c1CO. The lowest BCUT2D eigenvalue weighted by Gasteiger charge is -2.21. The maximum Gasteiger partial charge on any atom is 0.0713 e. The van der Waals surface area contributed by atoms with Gasteiger partial charge in [-0.25, -0.2) is 0 Å². The third kappa shape index (κ3) is 2.41. The van der Waals surface area contributed by atoms with E-state index in [1.807, 2.05) is 18.2 Å². The van der Waals surface area contributed by atoms with Gasteiger partial charge in [0.05, 0.1) is 6.61 Å². The van der Waals surface area contributed by atoms with E-state index in [0.717, 1.165) is 21.6 Å². The van der Waals surface area contributed by atoms with Crippen molar-refractivity contribution < 1.29 is 5.11 Å². The Morgan fingerprint density at radius 1 is 1.44 bits per heavy atom. The Hall–Kier alpha value is -0.540. The van der Waals surface area contributed by atoms with Gasteiger partial charge in [0, 0.05) is 21.8 Å². The third-order valence-electron chi connectivity index (χ3n) is 3.48. The normalized spacial score (nSPS) is 24.7. The second kappa shape index (κ2) is 5.19. The molecule has 16 heavy (non-hydrogen) atoms. The summed E-state index contributed by atoms with van der Waals surface area (Å²) in [6, 6.07) is 6.57. The molecule has 2 unspecified atom stereocenters. The Morgan fingerprint density at radius 2 is 2.25 bits per heavy atom. The molecule has 1 aromatic carbocycles. The first-order valence-electron chi connectivity index (χ1n) is 5.87. The van der Waals surface area contributed by atoms with Crippen LogP contribution in [0, 0.1) is 5.92 Å². The molecular formula is C13H18BrNO. The molecule has 1 saturated carbocycles. The van der Waals surface area contributed by atoms with E-state index in [1.165, 1.54) is 19.3 Å². The van der Waals surface area contributed by atoms with Crippen LogP contribution in [0.5, 0.6) is 0 Å². The summed E-state index contributed by atoms with van der Waals surface area (Å²) in [6.45, 7) is 2.37. The van der Waals surface area contributed by atoms with Crippen LogP contribution in [0.2, 0.25) is 0 Å². The summed E-state index contributed by atoms with van der Waals surface area (Å²) in [5.74, 6) is 0.727. The van der Waals surface area contributed by atoms with E-state index in [4.69, 9.17) is 0 Å². The highest BCUT2D eigenvalue weighted by molar-refractivity contribution is 9.10. The van der Waals surface area contributed by atoms with Crippen LogP contribution in [0.1, 0.15) is 31.7 Å². The fraction of sp³-hybridized carbons (Fsp3) is 0.538. The molecule has 1 fully saturated rings. The number of benzene rings is 1. The molecule has 0 amide bonds. The predicted octanol–water partition coefficient (Wildman–Crippen LogP) is 3.54. The lowest BCUT2D eigenvalue weighted by molar-refractivity contribution is 0.281. The summed E-state index contributed by atoms with van der Waals surface area (Å²) in [4.78, 5) is 0. The van der Waals surface area contributed by atoms with Crippen molar-refractivity contribution in [3.63, 3.8) is 0 Å². The van der Waals surface area contributed by atoms with Gasteiger partial charge in [0.25, 0.3) is 0 Å². The molecule has 2 N–H and O–H groups in total. The molecule has 3 heteroatoms. The maximum atomic E-state index is 9.37. The highest BCUT2D eigenvalue weighted by Crippen LogP contribution is 2.31. The molecule has 2 rings (SSSR count). The minimum atomic E-state index is 0.0743. The minimum Gasteiger partial charge on any atom is -0.392 e. The zero-order valence-corrected chi connectivity index (χ0v) is 11.1. The van der Waals surface area contributed by atoms with Gasteiger partial charge in [0.15, 0.2) is 0 Å². The topological polar surface area (TPSA) is 32.3 Å². The number of aliphatic hydroxyl groups excluding tert-OH is 1. The highest BCUT2D eigenvalue weighted by Gasteiger charge is 2.23. The number of hydrogen-bond donors (Lipinski definition) is 2. The molecule has 1 aromatic rings. The molecule has 0 aliphatic heterocycles. The lowest BCUT2D eigenvalue weighted by atomic mass is 10.1. The molecule has 2 nitrogen and oxygen atoms in total. The summed E-state index contributed by atoms with van der Waals surface area (Å²) in [7, 11) is 0. The fourth-order valence-corrected chi connectivity index (χ4v) is 2.91. The zero-order valence-electron chi connectivity index (χ0n) is 9.54. The smallest absolute Gasteiger partial charge is 0.0713 e. The van der Waals surface area contributed by atoms with E-state index < -0.39 is 0 Å². The van der Waals surface area contributed by atoms with Gasteiger partial charge in [0.1, 0.15) is 0 Å². The first-order chi connectivity index (χ1) is 7.72. The Labute approximate surface area is 105 Å². The third-order valence-corrected chi connectivity index (χ3v) is 4.22. The average Bonchev–Trinajstić information content (AvgIpc) is 2.65. The van der Waals surface area contributed by atoms with Gasteiger partial charge in [-0.05, 0) is 30.9 Å². The van der Waals surface area contributed by atoms with Crippen LogP contribution in [-0.4, -0.2) is 11.1 Å². The van der Waals surface area contributed by atoms with E-state index in [2.05, 4.69) is 28.2 Å². The van der Waals surface area contributed by atoms with Gasteiger partial charge in [-0.1, -0.05) is 35.3 Å². The molecule has 0 radical (unpaired) electrons. The molecule has 88 valence electrons. The van der Waals surface area contributed by atoms with Gasteiger partial charge in [-0.2, -0.15) is 0 Å². The van der Waals surface area contributed by atoms with Crippen molar-refractivity contribution >= 4 is 21.6 Å². The van der Waals surface area contributed by atoms with E-state index in [-0.39, 0.29) is 6.61 Å². The largest absolute Gasteiger partial charge is 0.392 e. The molecule has 1 aliphatic carbocycles. The Kier molecular flexibility index (Phi) is 3.87. The number of halogens is 1. The Morgan fingerprint density at radius 3 is 2.88 bits per heavy atom. The number of aliphatic hydroxyl groups is 1. The first kappa shape index (κ1) is 11.9. The molecule has 0 saturated heterocycles. The van der Waals surface area contributed by atoms with Crippen LogP contribution in [0.15, 0.2) is 22.7 Å². The molecule has 1 aliphatic rings. The lowest BCUT2D eigenvalue weighted by Crippen LogP contribution is -2.22. The first-order valence-corrected chi connectivity index (χ1v) is 6.66. The molecule has 0 spiro atoms. The molecular weight excluding hydrogens is 266 g/mol. The maximum absolute atomic E-state index is 9.37. The van der Waals surface area contributed by atoms with Crippen molar-refractivity contribution in [2.24, 2.45) is 5.92 Å². The monoisotopic (exact) mass is 283 g/mol. The van der Waals surface area contributed by atoms with Crippen molar-refractivity contribution in [1.29, 1.82) is 0 Å². The van der Waals surface area contributed by atoms with E-state index in [0.29, 0.717) is 6.04 Å². The van der Waals surface area contributed by atoms with Crippen molar-refractivity contribution in [3.8, 4) is 0 Å². The van der Waals surface area contributed by atoms with Crippen molar-refractivity contribution in [2.75, 3.05) is 5.32 Å². The van der Waals surface area contributed by atoms with Crippen LogP contribution < -0.4 is 5.32 Å². The van der Waals surface area contributed by atoms with Crippen LogP contribution >= 0.6 is 15.9 Å². The summed E-state index contributed by atoms with van der Waals surface area (Å²) >= 11 is 3.47. The van der Waals surface area contributed by atoms with Crippen molar-refractivity contribution in [3.05, 3.63) is 28.2 Å². The van der Waals surface area contributed by atoms with E-state index in [9.17, 15) is 5.11 Å². The Bertz CT molecular complexity index is 367. The Balaban J connectivity index is 2.17. The fourth-order valence-electron chi connectivity index (χ4n) is 2.41. The second-order valence-electron chi connectivity index (χ2n) is 4.58. The molecule has 0 bridgehead atoms. The van der Waals surface area contributed by atoms with Crippen molar-refractivity contribution in [2.45, 2.75) is 38.8 Å². The van der Waals surface area contributed by atoms with Gasteiger partial charge >= 0.3 is 0 Å². The standard InChI is InChI=1S/C13H18BrNO/c1-9-4-2-6-12(9)15-13-7-3-5-11(14)10(13)8-16/h3,5,7,9,12,15-16H,2,4,6,8H2,1H3. The van der Waals surface area contributed by atoms with Gasteiger partial charge in [0.2, 0.25) is 0 Å². The average molecular weight is 284 g/mol. The zero-order chi connectivity index (χ0) is 11.5. The van der Waals surface area contributed by atoms with Gasteiger partial charge in [-0.15, -0.1) is 0 Å². The van der Waals surface area contributed by atoms with Crippen LogP contribution in [0.3, 0.4) is 0 Å². The summed E-state index contributed by atoms with van der Waals surface area (Å²) in [6.07, 6.45) is 3.85. The quantitative estimate of drug-likeness (QED) is 0.889. The molecule has 0 heterocycles. The highest BCUT2D eigenvalue weighted by atomic mass is 79.9. The molecule has 2 atom stereocenters.